The molecular weight excluding hydrogens is 1530 g/mol. The van der Waals surface area contributed by atoms with Gasteiger partial charge in [-0.3, -0.25) is 0 Å². The summed E-state index contributed by atoms with van der Waals surface area (Å²) in [5, 5.41) is 2.55. The Bertz CT molecular complexity index is 3440. The number of hydrogen-bond donors (Lipinski definition) is 0. The number of unbranched alkanes of at least 4 members (excludes halogenated alkanes) is 54. The molecule has 0 aliphatic carbocycles. The predicted molar refractivity (Wildman–Crippen MR) is 526 cm³/mol. The monoisotopic (exact) mass is 1700 g/mol. The standard InChI is InChI=1S/C104H164N2S8/c1-9-15-21-27-33-39-45-51-57-63-69-85-79-83(7)107-97(85)95-81-87(71-65-59-53-47-41-35-29-23-17-11-3)99(111-95)103-105-89(73-67-61-55-49-43-37-31-25-19-13-5)101(113-103)93-77-75-91(109-93)92-76-78-94(110-92)102-90(74-68-62-56-50-44-38-32-26-20-14-6)106-104(114-102)100-88(72-66-60-54-48-42-36-30-24-18-12-4)82-96(112-100)98-86(80-84(8)108-98)70-64-58-52-46-40-34-28-22-16-10-2/h75-82H,9-74H2,1-8H3. The summed E-state index contributed by atoms with van der Waals surface area (Å²) in [7, 11) is 0. The van der Waals surface area contributed by atoms with Crippen LogP contribution in [0.25, 0.3) is 68.5 Å². The largest absolute Gasteiger partial charge is 0.240 e. The smallest absolute Gasteiger partial charge is 0.134 e. The predicted octanol–water partition coefficient (Wildman–Crippen LogP) is 40.0. The first-order chi connectivity index (χ1) is 56.2. The van der Waals surface area contributed by atoms with Crippen LogP contribution < -0.4 is 0 Å². The van der Waals surface area contributed by atoms with Crippen molar-refractivity contribution in [2.75, 3.05) is 0 Å². The molecular formula is C104H164N2S8. The summed E-state index contributed by atoms with van der Waals surface area (Å²) in [6.07, 6.45) is 89.1. The highest BCUT2D eigenvalue weighted by Gasteiger charge is 2.26. The summed E-state index contributed by atoms with van der Waals surface area (Å²) in [5.74, 6) is 0. The van der Waals surface area contributed by atoms with Gasteiger partial charge < -0.3 is 0 Å². The molecule has 0 fully saturated rings. The molecule has 2 nitrogen and oxygen atoms in total. The van der Waals surface area contributed by atoms with E-state index in [9.17, 15) is 0 Å². The number of hydrogen-bond acceptors (Lipinski definition) is 10. The molecule has 0 atom stereocenters. The summed E-state index contributed by atoms with van der Waals surface area (Å²) in [6.45, 7) is 18.7. The van der Waals surface area contributed by atoms with Crippen LogP contribution in [-0.2, 0) is 38.5 Å². The van der Waals surface area contributed by atoms with Crippen LogP contribution in [-0.4, -0.2) is 9.97 Å². The van der Waals surface area contributed by atoms with Gasteiger partial charge in [0.05, 0.1) is 30.9 Å². The van der Waals surface area contributed by atoms with Crippen molar-refractivity contribution in [1.82, 2.24) is 9.97 Å². The molecule has 0 spiro atoms. The van der Waals surface area contributed by atoms with Crippen molar-refractivity contribution in [3.8, 4) is 68.5 Å². The van der Waals surface area contributed by atoms with Crippen molar-refractivity contribution in [2.45, 2.75) is 479 Å². The Kier molecular flexibility index (Phi) is 51.7. The average Bonchev–Trinajstić information content (AvgIpc) is 1.63. The lowest BCUT2D eigenvalue weighted by atomic mass is 10.0. The van der Waals surface area contributed by atoms with Crippen LogP contribution in [0, 0.1) is 13.8 Å². The van der Waals surface area contributed by atoms with Gasteiger partial charge in [-0.2, -0.15) is 0 Å². The fourth-order valence-corrected chi connectivity index (χ4v) is 26.9. The van der Waals surface area contributed by atoms with Gasteiger partial charge >= 0.3 is 0 Å². The Labute approximate surface area is 733 Å². The summed E-state index contributed by atoms with van der Waals surface area (Å²) in [5.41, 5.74) is 8.99. The fourth-order valence-electron chi connectivity index (χ4n) is 17.3. The minimum Gasteiger partial charge on any atom is -0.240 e. The molecule has 638 valence electrons. The second kappa shape index (κ2) is 60.9. The molecule has 0 aliphatic heterocycles. The minimum absolute atomic E-state index is 1.06. The van der Waals surface area contributed by atoms with Crippen LogP contribution in [0.2, 0.25) is 0 Å². The molecule has 8 heterocycles. The van der Waals surface area contributed by atoms with Gasteiger partial charge in [-0.1, -0.05) is 388 Å². The number of aryl methyl sites for hydroxylation is 8. The number of rotatable bonds is 73. The van der Waals surface area contributed by atoms with E-state index in [2.05, 4.69) is 149 Å². The molecule has 0 unspecified atom stereocenters. The molecule has 10 heteroatoms. The van der Waals surface area contributed by atoms with Gasteiger partial charge in [-0.25, -0.2) is 9.97 Å². The Hall–Kier alpha value is -2.54. The first-order valence-electron chi connectivity index (χ1n) is 48.9. The third-order valence-corrected chi connectivity index (χ3v) is 34.5. The topological polar surface area (TPSA) is 25.8 Å². The van der Waals surface area contributed by atoms with Crippen LogP contribution in [0.1, 0.15) is 470 Å². The van der Waals surface area contributed by atoms with Crippen LogP contribution in [0.3, 0.4) is 0 Å². The van der Waals surface area contributed by atoms with E-state index in [1.54, 1.807) is 32.0 Å². The van der Waals surface area contributed by atoms with Crippen LogP contribution in [0.4, 0.5) is 0 Å². The number of nitrogens with zero attached hydrogens (tertiary/aromatic N) is 2. The summed E-state index contributed by atoms with van der Waals surface area (Å²) >= 11 is 16.4. The van der Waals surface area contributed by atoms with E-state index in [0.29, 0.717) is 0 Å². The Morgan fingerprint density at radius 2 is 0.395 bits per heavy atom. The van der Waals surface area contributed by atoms with Crippen LogP contribution >= 0.6 is 90.7 Å². The third kappa shape index (κ3) is 36.6. The van der Waals surface area contributed by atoms with E-state index in [0.717, 1.165) is 25.7 Å². The molecule has 0 saturated heterocycles. The lowest BCUT2D eigenvalue weighted by molar-refractivity contribution is 0.555. The van der Waals surface area contributed by atoms with Gasteiger partial charge in [0.2, 0.25) is 0 Å². The number of thiophene rings is 6. The zero-order valence-electron chi connectivity index (χ0n) is 74.4. The SMILES string of the molecule is CCCCCCCCCCCCc1cc(C)sc1-c1cc(CCCCCCCCCCCC)c(-c2nc(CCCCCCCCCCCC)c(-c3ccc(-c4ccc(-c5sc(-c6sc(-c7sc(C)cc7CCCCCCCCCCCC)cc6CCCCCCCCCCCC)nc5CCCCCCCCCCCC)s4)s3)s2)s1. The molecule has 0 bridgehead atoms. The van der Waals surface area contributed by atoms with E-state index < -0.39 is 0 Å². The van der Waals surface area contributed by atoms with Gasteiger partial charge in [-0.15, -0.1) is 90.7 Å². The maximum atomic E-state index is 5.89. The minimum atomic E-state index is 1.06. The summed E-state index contributed by atoms with van der Waals surface area (Å²) < 4.78 is 0. The zero-order valence-corrected chi connectivity index (χ0v) is 81.0. The lowest BCUT2D eigenvalue weighted by Gasteiger charge is -2.04. The van der Waals surface area contributed by atoms with Crippen LogP contribution in [0.5, 0.6) is 0 Å². The fraction of sp³-hybridized carbons (Fsp3) is 0.712. The average molecular weight is 1700 g/mol. The van der Waals surface area contributed by atoms with Crippen molar-refractivity contribution < 1.29 is 0 Å². The lowest BCUT2D eigenvalue weighted by Crippen LogP contribution is -1.90. The van der Waals surface area contributed by atoms with Crippen molar-refractivity contribution in [3.05, 3.63) is 91.9 Å². The molecule has 0 aromatic carbocycles. The number of thiazole rings is 2. The second-order valence-electron chi connectivity index (χ2n) is 34.9. The maximum absolute atomic E-state index is 5.89. The van der Waals surface area contributed by atoms with E-state index in [4.69, 9.17) is 9.97 Å². The van der Waals surface area contributed by atoms with E-state index >= 15 is 0 Å². The van der Waals surface area contributed by atoms with Crippen molar-refractivity contribution in [2.24, 2.45) is 0 Å². The molecule has 0 N–H and O–H groups in total. The van der Waals surface area contributed by atoms with E-state index in [-0.39, 0.29) is 0 Å². The van der Waals surface area contributed by atoms with E-state index in [1.165, 1.54) is 478 Å². The van der Waals surface area contributed by atoms with E-state index in [1.807, 2.05) is 45.3 Å². The van der Waals surface area contributed by atoms with Gasteiger partial charge in [0.1, 0.15) is 10.0 Å². The summed E-state index contributed by atoms with van der Waals surface area (Å²) in [4.78, 5) is 32.2. The van der Waals surface area contributed by atoms with Gasteiger partial charge in [0.25, 0.3) is 0 Å². The highest BCUT2D eigenvalue weighted by atomic mass is 32.1. The Morgan fingerprint density at radius 3 is 0.640 bits per heavy atom. The van der Waals surface area contributed by atoms with Crippen molar-refractivity contribution >= 4 is 90.7 Å². The Balaban J connectivity index is 1.08. The first-order valence-corrected chi connectivity index (χ1v) is 55.4. The van der Waals surface area contributed by atoms with Crippen LogP contribution in [0.15, 0.2) is 48.5 Å². The highest BCUT2D eigenvalue weighted by Crippen LogP contribution is 2.52. The highest BCUT2D eigenvalue weighted by molar-refractivity contribution is 7.31. The van der Waals surface area contributed by atoms with Gasteiger partial charge in [-0.05, 0) is 162 Å². The number of aromatic nitrogens is 2. The first kappa shape index (κ1) is 96.9. The normalized spacial score (nSPS) is 11.9. The molecule has 114 heavy (non-hydrogen) atoms. The Morgan fingerprint density at radius 1 is 0.184 bits per heavy atom. The molecule has 8 rings (SSSR count). The van der Waals surface area contributed by atoms with Gasteiger partial charge in [0, 0.05) is 48.8 Å². The maximum Gasteiger partial charge on any atom is 0.134 e. The summed E-state index contributed by atoms with van der Waals surface area (Å²) in [6, 6.07) is 20.3. The molecule has 0 radical (unpaired) electrons. The van der Waals surface area contributed by atoms with Crippen molar-refractivity contribution in [1.29, 1.82) is 0 Å². The molecule has 0 aliphatic rings. The third-order valence-electron chi connectivity index (χ3n) is 24.3. The molecule has 8 aromatic rings. The molecule has 8 aromatic heterocycles. The van der Waals surface area contributed by atoms with Crippen molar-refractivity contribution in [3.63, 3.8) is 0 Å². The zero-order chi connectivity index (χ0) is 80.1. The second-order valence-corrected chi connectivity index (χ2v) is 43.6. The molecule has 0 saturated carbocycles. The molecule has 0 amide bonds. The quantitative estimate of drug-likeness (QED) is 0.0355. The van der Waals surface area contributed by atoms with Gasteiger partial charge in [0.15, 0.2) is 0 Å².